The van der Waals surface area contributed by atoms with Gasteiger partial charge in [-0.15, -0.1) is 6.58 Å². The highest BCUT2D eigenvalue weighted by Gasteiger charge is 2.06. The maximum absolute atomic E-state index is 5.25. The van der Waals surface area contributed by atoms with Crippen molar-refractivity contribution in [3.8, 4) is 5.75 Å². The molecule has 112 valence electrons. The standard InChI is InChI=1S/C15H14O.C3H6.C2H6/c1-16-15-7-6-13-8-11-4-2-3-5-12(11)9-14(13)10-15;1-3-2;1-2/h3,5-10H,2,4H2,1H3;3H,1H2,2H3;1-2H3. The third kappa shape index (κ3) is 4.49. The van der Waals surface area contributed by atoms with Crippen LogP contribution in [0.4, 0.5) is 0 Å². The average molecular weight is 282 g/mol. The molecule has 0 unspecified atom stereocenters. The zero-order chi connectivity index (χ0) is 15.7. The molecule has 0 N–H and O–H groups in total. The van der Waals surface area contributed by atoms with Crippen molar-refractivity contribution >= 4 is 16.8 Å². The summed E-state index contributed by atoms with van der Waals surface area (Å²) >= 11 is 0. The fourth-order valence-electron chi connectivity index (χ4n) is 2.29. The van der Waals surface area contributed by atoms with E-state index in [-0.39, 0.29) is 0 Å². The van der Waals surface area contributed by atoms with Gasteiger partial charge in [0.1, 0.15) is 5.75 Å². The second kappa shape index (κ2) is 9.02. The Morgan fingerprint density at radius 1 is 1.10 bits per heavy atom. The molecular weight excluding hydrogens is 256 g/mol. The van der Waals surface area contributed by atoms with E-state index in [1.54, 1.807) is 13.2 Å². The molecule has 0 radical (unpaired) electrons. The minimum Gasteiger partial charge on any atom is -0.497 e. The van der Waals surface area contributed by atoms with Crippen molar-refractivity contribution in [3.63, 3.8) is 0 Å². The molecular formula is C20H26O. The van der Waals surface area contributed by atoms with Crippen molar-refractivity contribution in [1.82, 2.24) is 0 Å². The molecule has 0 spiro atoms. The van der Waals surface area contributed by atoms with Crippen molar-refractivity contribution in [2.45, 2.75) is 33.6 Å². The molecule has 21 heavy (non-hydrogen) atoms. The van der Waals surface area contributed by atoms with Crippen LogP contribution in [0.3, 0.4) is 0 Å². The summed E-state index contributed by atoms with van der Waals surface area (Å²) in [4.78, 5) is 0. The molecule has 0 saturated heterocycles. The summed E-state index contributed by atoms with van der Waals surface area (Å²) in [6.07, 6.45) is 8.54. The van der Waals surface area contributed by atoms with Crippen LogP contribution in [0.25, 0.3) is 16.8 Å². The number of hydrogen-bond donors (Lipinski definition) is 0. The Kier molecular flexibility index (Phi) is 7.31. The zero-order valence-corrected chi connectivity index (χ0v) is 13.6. The van der Waals surface area contributed by atoms with Crippen LogP contribution in [0.5, 0.6) is 5.75 Å². The Bertz CT molecular complexity index is 609. The minimum atomic E-state index is 0.923. The van der Waals surface area contributed by atoms with Crippen molar-refractivity contribution in [3.05, 3.63) is 60.2 Å². The second-order valence-corrected chi connectivity index (χ2v) is 4.61. The highest BCUT2D eigenvalue weighted by atomic mass is 16.5. The first-order valence-corrected chi connectivity index (χ1v) is 7.62. The summed E-state index contributed by atoms with van der Waals surface area (Å²) in [5.74, 6) is 0.923. The van der Waals surface area contributed by atoms with Crippen LogP contribution in [0.15, 0.2) is 49.1 Å². The first kappa shape index (κ1) is 17.0. The Labute approximate surface area is 129 Å². The van der Waals surface area contributed by atoms with Crippen molar-refractivity contribution in [2.75, 3.05) is 7.11 Å². The van der Waals surface area contributed by atoms with Crippen LogP contribution >= 0.6 is 0 Å². The maximum Gasteiger partial charge on any atom is 0.119 e. The molecule has 3 rings (SSSR count). The van der Waals surface area contributed by atoms with Gasteiger partial charge in [-0.3, -0.25) is 0 Å². The number of hydrogen-bond acceptors (Lipinski definition) is 1. The molecule has 0 fully saturated rings. The third-order valence-electron chi connectivity index (χ3n) is 3.18. The second-order valence-electron chi connectivity index (χ2n) is 4.61. The predicted octanol–water partition coefficient (Wildman–Crippen LogP) is 6.03. The number of allylic oxidation sites excluding steroid dienone is 2. The van der Waals surface area contributed by atoms with Crippen LogP contribution in [-0.2, 0) is 6.42 Å². The summed E-state index contributed by atoms with van der Waals surface area (Å²) in [5.41, 5.74) is 2.81. The average Bonchev–Trinajstić information content (AvgIpc) is 2.55. The van der Waals surface area contributed by atoms with Crippen LogP contribution in [-0.4, -0.2) is 7.11 Å². The number of rotatable bonds is 1. The summed E-state index contributed by atoms with van der Waals surface area (Å²) in [7, 11) is 1.71. The van der Waals surface area contributed by atoms with E-state index in [2.05, 4.69) is 43.0 Å². The van der Waals surface area contributed by atoms with E-state index in [4.69, 9.17) is 4.74 Å². The SMILES string of the molecule is C=CC.CC.COc1ccc2cc3c(cc2c1)C=CCC3. The van der Waals surface area contributed by atoms with Gasteiger partial charge in [-0.2, -0.15) is 0 Å². The van der Waals surface area contributed by atoms with E-state index in [1.807, 2.05) is 26.8 Å². The molecule has 0 amide bonds. The molecule has 1 heteroatoms. The van der Waals surface area contributed by atoms with Gasteiger partial charge in [-0.1, -0.05) is 44.2 Å². The normalized spacial score (nSPS) is 11.4. The minimum absolute atomic E-state index is 0.923. The van der Waals surface area contributed by atoms with Gasteiger partial charge in [0.05, 0.1) is 7.11 Å². The molecule has 0 saturated carbocycles. The van der Waals surface area contributed by atoms with Gasteiger partial charge in [0.2, 0.25) is 0 Å². The predicted molar refractivity (Wildman–Crippen MR) is 95.1 cm³/mol. The van der Waals surface area contributed by atoms with Gasteiger partial charge in [0.15, 0.2) is 0 Å². The molecule has 1 aliphatic rings. The summed E-state index contributed by atoms with van der Waals surface area (Å²) in [5, 5.41) is 2.56. The third-order valence-corrected chi connectivity index (χ3v) is 3.18. The lowest BCUT2D eigenvalue weighted by atomic mass is 9.94. The molecule has 0 aliphatic heterocycles. The zero-order valence-electron chi connectivity index (χ0n) is 13.6. The smallest absolute Gasteiger partial charge is 0.119 e. The number of ether oxygens (including phenoxy) is 1. The highest BCUT2D eigenvalue weighted by molar-refractivity contribution is 5.87. The fraction of sp³-hybridized carbons (Fsp3) is 0.300. The summed E-state index contributed by atoms with van der Waals surface area (Å²) in [6, 6.07) is 10.8. The monoisotopic (exact) mass is 282 g/mol. The molecule has 2 aromatic carbocycles. The molecule has 0 aromatic heterocycles. The van der Waals surface area contributed by atoms with E-state index in [0.717, 1.165) is 18.6 Å². The highest BCUT2D eigenvalue weighted by Crippen LogP contribution is 2.27. The van der Waals surface area contributed by atoms with Crippen molar-refractivity contribution in [2.24, 2.45) is 0 Å². The Morgan fingerprint density at radius 3 is 2.48 bits per heavy atom. The topological polar surface area (TPSA) is 9.23 Å². The Hall–Kier alpha value is -2.02. The lowest BCUT2D eigenvalue weighted by Crippen LogP contribution is -1.94. The number of benzene rings is 2. The van der Waals surface area contributed by atoms with Gasteiger partial charge >= 0.3 is 0 Å². The Balaban J connectivity index is 0.000000395. The molecule has 2 aromatic rings. The number of fused-ring (bicyclic) bond motifs is 2. The first-order valence-electron chi connectivity index (χ1n) is 7.62. The molecule has 1 aliphatic carbocycles. The van der Waals surface area contributed by atoms with Crippen molar-refractivity contribution in [1.29, 1.82) is 0 Å². The van der Waals surface area contributed by atoms with E-state index in [1.165, 1.54) is 21.9 Å². The maximum atomic E-state index is 5.25. The van der Waals surface area contributed by atoms with Crippen LogP contribution < -0.4 is 4.74 Å². The van der Waals surface area contributed by atoms with Crippen LogP contribution in [0.1, 0.15) is 38.3 Å². The van der Waals surface area contributed by atoms with E-state index >= 15 is 0 Å². The lowest BCUT2D eigenvalue weighted by Gasteiger charge is -2.12. The first-order chi connectivity index (χ1) is 10.3. The van der Waals surface area contributed by atoms with Gasteiger partial charge < -0.3 is 4.74 Å². The van der Waals surface area contributed by atoms with E-state index in [9.17, 15) is 0 Å². The van der Waals surface area contributed by atoms with E-state index in [0.29, 0.717) is 0 Å². The van der Waals surface area contributed by atoms with Crippen molar-refractivity contribution < 1.29 is 4.74 Å². The molecule has 1 nitrogen and oxygen atoms in total. The Morgan fingerprint density at radius 2 is 1.81 bits per heavy atom. The lowest BCUT2D eigenvalue weighted by molar-refractivity contribution is 0.415. The molecule has 0 atom stereocenters. The summed E-state index contributed by atoms with van der Waals surface area (Å²) in [6.45, 7) is 9.25. The van der Waals surface area contributed by atoms with Gasteiger partial charge in [-0.25, -0.2) is 0 Å². The quantitative estimate of drug-likeness (QED) is 0.580. The summed E-state index contributed by atoms with van der Waals surface area (Å²) < 4.78 is 5.25. The fourth-order valence-corrected chi connectivity index (χ4v) is 2.29. The van der Waals surface area contributed by atoms with Crippen LogP contribution in [0.2, 0.25) is 0 Å². The number of aryl methyl sites for hydroxylation is 1. The van der Waals surface area contributed by atoms with E-state index < -0.39 is 0 Å². The van der Waals surface area contributed by atoms with Gasteiger partial charge in [0.25, 0.3) is 0 Å². The van der Waals surface area contributed by atoms with Gasteiger partial charge in [0, 0.05) is 0 Å². The molecule has 0 heterocycles. The van der Waals surface area contributed by atoms with Gasteiger partial charge in [-0.05, 0) is 59.9 Å². The largest absolute Gasteiger partial charge is 0.497 e. The number of methoxy groups -OCH3 is 1. The van der Waals surface area contributed by atoms with Crippen LogP contribution in [0, 0.1) is 0 Å². The molecule has 0 bridgehead atoms.